The summed E-state index contributed by atoms with van der Waals surface area (Å²) in [6.07, 6.45) is 3.82. The number of esters is 1. The zero-order chi connectivity index (χ0) is 17.2. The first-order valence-corrected chi connectivity index (χ1v) is 8.00. The van der Waals surface area contributed by atoms with Crippen LogP contribution >= 0.6 is 0 Å². The van der Waals surface area contributed by atoms with Crippen LogP contribution in [0.25, 0.3) is 0 Å². The first kappa shape index (κ1) is 18.9. The summed E-state index contributed by atoms with van der Waals surface area (Å²) in [6.45, 7) is 8.32. The Kier molecular flexibility index (Phi) is 8.09. The van der Waals surface area contributed by atoms with E-state index in [0.29, 0.717) is 19.5 Å². The Morgan fingerprint density at radius 3 is 2.52 bits per heavy atom. The second-order valence-corrected chi connectivity index (χ2v) is 5.85. The molecule has 4 heteroatoms. The summed E-state index contributed by atoms with van der Waals surface area (Å²) in [7, 11) is 1.36. The normalized spacial score (nSPS) is 11.6. The first-order valence-electron chi connectivity index (χ1n) is 8.00. The molecule has 1 unspecified atom stereocenters. The molecule has 0 aliphatic rings. The molecule has 1 rings (SSSR count). The summed E-state index contributed by atoms with van der Waals surface area (Å²) >= 11 is 0. The van der Waals surface area contributed by atoms with Gasteiger partial charge in [0.05, 0.1) is 13.0 Å². The molecule has 1 atom stereocenters. The van der Waals surface area contributed by atoms with Crippen LogP contribution < -0.4 is 0 Å². The van der Waals surface area contributed by atoms with Gasteiger partial charge in [0, 0.05) is 19.5 Å². The van der Waals surface area contributed by atoms with Gasteiger partial charge in [-0.1, -0.05) is 42.8 Å². The lowest BCUT2D eigenvalue weighted by Gasteiger charge is -2.23. The van der Waals surface area contributed by atoms with Crippen LogP contribution in [0.4, 0.5) is 0 Å². The van der Waals surface area contributed by atoms with Crippen molar-refractivity contribution in [2.45, 2.75) is 33.1 Å². The molecular weight excluding hydrogens is 290 g/mol. The Morgan fingerprint density at radius 2 is 1.96 bits per heavy atom. The Bertz CT molecular complexity index is 522. The van der Waals surface area contributed by atoms with E-state index in [2.05, 4.69) is 37.8 Å². The zero-order valence-electron chi connectivity index (χ0n) is 14.4. The topological polar surface area (TPSA) is 46.6 Å². The van der Waals surface area contributed by atoms with Crippen LogP contribution in [0.2, 0.25) is 0 Å². The molecule has 0 aliphatic heterocycles. The van der Waals surface area contributed by atoms with Crippen molar-refractivity contribution in [1.82, 2.24) is 4.90 Å². The van der Waals surface area contributed by atoms with Gasteiger partial charge in [-0.15, -0.1) is 6.58 Å². The maximum atomic E-state index is 12.3. The lowest BCUT2D eigenvalue weighted by Crippen LogP contribution is -2.37. The van der Waals surface area contributed by atoms with E-state index in [4.69, 9.17) is 4.74 Å². The number of benzene rings is 1. The number of hydrogen-bond acceptors (Lipinski definition) is 3. The van der Waals surface area contributed by atoms with E-state index in [1.54, 1.807) is 17.9 Å². The Labute approximate surface area is 139 Å². The first-order chi connectivity index (χ1) is 11.0. The van der Waals surface area contributed by atoms with E-state index in [1.807, 2.05) is 0 Å². The van der Waals surface area contributed by atoms with Gasteiger partial charge in [0.1, 0.15) is 0 Å². The fraction of sp³-hybridized carbons (Fsp3) is 0.474. The van der Waals surface area contributed by atoms with E-state index < -0.39 is 0 Å². The Balaban J connectivity index is 2.48. The zero-order valence-corrected chi connectivity index (χ0v) is 14.4. The van der Waals surface area contributed by atoms with Gasteiger partial charge in [-0.25, -0.2) is 0 Å². The van der Waals surface area contributed by atoms with Gasteiger partial charge in [0.15, 0.2) is 0 Å². The minimum atomic E-state index is -0.332. The highest BCUT2D eigenvalue weighted by Gasteiger charge is 2.20. The average molecular weight is 317 g/mol. The third-order valence-corrected chi connectivity index (χ3v) is 3.78. The van der Waals surface area contributed by atoms with Gasteiger partial charge >= 0.3 is 5.97 Å². The van der Waals surface area contributed by atoms with E-state index in [1.165, 1.54) is 18.2 Å². The number of hydrogen-bond donors (Lipinski definition) is 0. The maximum absolute atomic E-state index is 12.3. The minimum absolute atomic E-state index is 0.0489. The van der Waals surface area contributed by atoms with E-state index >= 15 is 0 Å². The fourth-order valence-corrected chi connectivity index (χ4v) is 2.40. The molecule has 0 aliphatic carbocycles. The van der Waals surface area contributed by atoms with Crippen LogP contribution in [-0.4, -0.2) is 37.0 Å². The van der Waals surface area contributed by atoms with Gasteiger partial charge in [-0.2, -0.15) is 0 Å². The SMILES string of the molecule is C=CCN(CC(C)C(=O)OC)C(=O)CCCc1ccc(C)cc1. The Morgan fingerprint density at radius 1 is 1.30 bits per heavy atom. The van der Waals surface area contributed by atoms with Crippen molar-refractivity contribution in [2.24, 2.45) is 5.92 Å². The van der Waals surface area contributed by atoms with Crippen molar-refractivity contribution in [3.63, 3.8) is 0 Å². The molecule has 1 aromatic carbocycles. The second-order valence-electron chi connectivity index (χ2n) is 5.85. The molecule has 1 amide bonds. The molecule has 0 spiro atoms. The minimum Gasteiger partial charge on any atom is -0.469 e. The van der Waals surface area contributed by atoms with E-state index in [-0.39, 0.29) is 17.8 Å². The standard InChI is InChI=1S/C19H27NO3/c1-5-13-20(14-16(3)19(22)23-4)18(21)8-6-7-17-11-9-15(2)10-12-17/h5,9-12,16H,1,6-8,13-14H2,2-4H3. The van der Waals surface area contributed by atoms with Crippen LogP contribution in [-0.2, 0) is 20.7 Å². The van der Waals surface area contributed by atoms with Gasteiger partial charge in [-0.3, -0.25) is 9.59 Å². The third kappa shape index (κ3) is 6.68. The summed E-state index contributed by atoms with van der Waals surface area (Å²) in [5, 5.41) is 0. The number of amides is 1. The summed E-state index contributed by atoms with van der Waals surface area (Å²) in [4.78, 5) is 25.5. The van der Waals surface area contributed by atoms with Crippen LogP contribution in [0.15, 0.2) is 36.9 Å². The number of carbonyl (C=O) groups excluding carboxylic acids is 2. The second kappa shape index (κ2) is 9.82. The predicted molar refractivity (Wildman–Crippen MR) is 92.1 cm³/mol. The van der Waals surface area contributed by atoms with E-state index in [0.717, 1.165) is 12.8 Å². The molecular formula is C19H27NO3. The molecule has 0 radical (unpaired) electrons. The third-order valence-electron chi connectivity index (χ3n) is 3.78. The van der Waals surface area contributed by atoms with Gasteiger partial charge in [-0.05, 0) is 25.3 Å². The highest BCUT2D eigenvalue weighted by Crippen LogP contribution is 2.10. The molecule has 0 heterocycles. The molecule has 126 valence electrons. The van der Waals surface area contributed by atoms with Crippen molar-refractivity contribution in [2.75, 3.05) is 20.2 Å². The number of nitrogens with zero attached hydrogens (tertiary/aromatic N) is 1. The van der Waals surface area contributed by atoms with Crippen LogP contribution in [0.5, 0.6) is 0 Å². The molecule has 0 bridgehead atoms. The monoisotopic (exact) mass is 317 g/mol. The lowest BCUT2D eigenvalue weighted by molar-refractivity contribution is -0.146. The Hall–Kier alpha value is -2.10. The maximum Gasteiger partial charge on any atom is 0.310 e. The van der Waals surface area contributed by atoms with Gasteiger partial charge in [0.2, 0.25) is 5.91 Å². The molecule has 23 heavy (non-hydrogen) atoms. The van der Waals surface area contributed by atoms with E-state index in [9.17, 15) is 9.59 Å². The molecule has 4 nitrogen and oxygen atoms in total. The molecule has 1 aromatic rings. The summed E-state index contributed by atoms with van der Waals surface area (Å²) < 4.78 is 4.72. The van der Waals surface area contributed by atoms with Gasteiger partial charge < -0.3 is 9.64 Å². The molecule has 0 saturated heterocycles. The van der Waals surface area contributed by atoms with Crippen molar-refractivity contribution in [3.8, 4) is 0 Å². The lowest BCUT2D eigenvalue weighted by atomic mass is 10.1. The summed E-state index contributed by atoms with van der Waals surface area (Å²) in [5.74, 6) is -0.583. The highest BCUT2D eigenvalue weighted by atomic mass is 16.5. The molecule has 0 N–H and O–H groups in total. The fourth-order valence-electron chi connectivity index (χ4n) is 2.40. The summed E-state index contributed by atoms with van der Waals surface area (Å²) in [6, 6.07) is 8.36. The largest absolute Gasteiger partial charge is 0.469 e. The highest BCUT2D eigenvalue weighted by molar-refractivity contribution is 5.78. The van der Waals surface area contributed by atoms with Crippen molar-refractivity contribution < 1.29 is 14.3 Å². The number of aryl methyl sites for hydroxylation is 2. The molecule has 0 aromatic heterocycles. The molecule has 0 saturated carbocycles. The number of carbonyl (C=O) groups is 2. The number of rotatable bonds is 9. The summed E-state index contributed by atoms with van der Waals surface area (Å²) in [5.41, 5.74) is 2.47. The van der Waals surface area contributed by atoms with Crippen molar-refractivity contribution in [1.29, 1.82) is 0 Å². The van der Waals surface area contributed by atoms with Crippen LogP contribution in [0, 0.1) is 12.8 Å². The van der Waals surface area contributed by atoms with Gasteiger partial charge in [0.25, 0.3) is 0 Å². The van der Waals surface area contributed by atoms with Crippen molar-refractivity contribution in [3.05, 3.63) is 48.0 Å². The smallest absolute Gasteiger partial charge is 0.310 e. The quantitative estimate of drug-likeness (QED) is 0.519. The number of methoxy groups -OCH3 is 1. The number of ether oxygens (including phenoxy) is 1. The van der Waals surface area contributed by atoms with Crippen LogP contribution in [0.3, 0.4) is 0 Å². The van der Waals surface area contributed by atoms with Crippen LogP contribution in [0.1, 0.15) is 30.9 Å². The van der Waals surface area contributed by atoms with Crippen molar-refractivity contribution >= 4 is 11.9 Å². The predicted octanol–water partition coefficient (Wildman–Crippen LogP) is 3.14. The molecule has 0 fully saturated rings. The average Bonchev–Trinajstić information content (AvgIpc) is 2.55.